The van der Waals surface area contributed by atoms with Crippen molar-refractivity contribution in [2.45, 2.75) is 44.4 Å². The van der Waals surface area contributed by atoms with E-state index in [0.29, 0.717) is 11.8 Å². The predicted octanol–water partition coefficient (Wildman–Crippen LogP) is 8.92. The van der Waals surface area contributed by atoms with Gasteiger partial charge in [0.1, 0.15) is 0 Å². The molecule has 0 N–H and O–H groups in total. The van der Waals surface area contributed by atoms with E-state index >= 15 is 0 Å². The van der Waals surface area contributed by atoms with Crippen molar-refractivity contribution in [2.24, 2.45) is 5.41 Å². The molecule has 0 spiro atoms. The third-order valence-electron chi connectivity index (χ3n) is 7.72. The van der Waals surface area contributed by atoms with Crippen molar-refractivity contribution in [3.8, 4) is 11.1 Å². The van der Waals surface area contributed by atoms with E-state index < -0.39 is 0 Å². The molecule has 2 aliphatic rings. The van der Waals surface area contributed by atoms with Gasteiger partial charge in [-0.1, -0.05) is 97.9 Å². The molecule has 0 saturated heterocycles. The van der Waals surface area contributed by atoms with Crippen LogP contribution in [0.5, 0.6) is 0 Å². The lowest BCUT2D eigenvalue weighted by Crippen LogP contribution is -2.31. The van der Waals surface area contributed by atoms with Gasteiger partial charge < -0.3 is 0 Å². The molecule has 5 rings (SSSR count). The Morgan fingerprint density at radius 1 is 0.719 bits per heavy atom. The van der Waals surface area contributed by atoms with Crippen molar-refractivity contribution >= 4 is 5.57 Å². The summed E-state index contributed by atoms with van der Waals surface area (Å²) in [6.07, 6.45) is 10.9. The van der Waals surface area contributed by atoms with E-state index in [1.165, 1.54) is 39.0 Å². The van der Waals surface area contributed by atoms with Crippen molar-refractivity contribution in [2.75, 3.05) is 0 Å². The van der Waals surface area contributed by atoms with Crippen LogP contribution in [-0.4, -0.2) is 0 Å². The summed E-state index contributed by atoms with van der Waals surface area (Å²) in [6, 6.07) is 27.2. The van der Waals surface area contributed by atoms with Gasteiger partial charge in [0.25, 0.3) is 0 Å². The van der Waals surface area contributed by atoms with E-state index in [0.717, 1.165) is 25.7 Å². The van der Waals surface area contributed by atoms with Gasteiger partial charge >= 0.3 is 0 Å². The van der Waals surface area contributed by atoms with E-state index in [1.54, 1.807) is 0 Å². The summed E-state index contributed by atoms with van der Waals surface area (Å²) in [7, 11) is 0. The maximum Gasteiger partial charge on any atom is 0.0164 e. The molecule has 2 atom stereocenters. The van der Waals surface area contributed by atoms with Gasteiger partial charge in [0.15, 0.2) is 0 Å². The van der Waals surface area contributed by atoms with E-state index in [2.05, 4.69) is 105 Å². The van der Waals surface area contributed by atoms with Gasteiger partial charge in [-0.2, -0.15) is 0 Å². The molecule has 3 aromatic rings. The van der Waals surface area contributed by atoms with Gasteiger partial charge in [0.2, 0.25) is 0 Å². The normalized spacial score (nSPS) is 18.3. The molecular weight excluding hydrogens is 384 g/mol. The Bertz CT molecular complexity index is 1150. The SMILES string of the molecule is C=CCCC1=CC(C(C)(CCC=C)C2c3ccccc3-c3ccccc32)c2ccccc21. The molecule has 0 saturated carbocycles. The standard InChI is InChI=1S/C32H32/c1-4-6-14-23-22-30(27-18-11-8-15-24(23)27)32(3,21-7-5-2)31-28-19-12-9-16-25(28)26-17-10-13-20-29(26)31/h4-5,8-13,15-20,22,30-31H,1-2,6-7,14,21H2,3H3. The zero-order valence-corrected chi connectivity index (χ0v) is 19.1. The van der Waals surface area contributed by atoms with Crippen molar-refractivity contribution in [1.29, 1.82) is 0 Å². The lowest BCUT2D eigenvalue weighted by molar-refractivity contribution is 0.232. The van der Waals surface area contributed by atoms with E-state index in [-0.39, 0.29) is 5.41 Å². The number of benzene rings is 3. The van der Waals surface area contributed by atoms with Gasteiger partial charge in [0, 0.05) is 11.8 Å². The fourth-order valence-electron chi connectivity index (χ4n) is 6.22. The topological polar surface area (TPSA) is 0 Å². The van der Waals surface area contributed by atoms with Crippen LogP contribution in [0.4, 0.5) is 0 Å². The first-order valence-electron chi connectivity index (χ1n) is 11.9. The van der Waals surface area contributed by atoms with Crippen LogP contribution >= 0.6 is 0 Å². The highest BCUT2D eigenvalue weighted by molar-refractivity contribution is 5.80. The minimum absolute atomic E-state index is 0.0446. The molecule has 0 heterocycles. The summed E-state index contributed by atoms with van der Waals surface area (Å²) in [6.45, 7) is 10.6. The first-order valence-corrected chi connectivity index (χ1v) is 11.9. The molecule has 2 aliphatic carbocycles. The number of fused-ring (bicyclic) bond motifs is 4. The van der Waals surface area contributed by atoms with Crippen LogP contribution in [0.3, 0.4) is 0 Å². The van der Waals surface area contributed by atoms with Gasteiger partial charge in [0.05, 0.1) is 0 Å². The molecule has 0 nitrogen and oxygen atoms in total. The Morgan fingerprint density at radius 3 is 1.84 bits per heavy atom. The summed E-state index contributed by atoms with van der Waals surface area (Å²) >= 11 is 0. The molecule has 0 amide bonds. The van der Waals surface area contributed by atoms with Crippen molar-refractivity contribution in [1.82, 2.24) is 0 Å². The number of hydrogen-bond donors (Lipinski definition) is 0. The summed E-state index contributed by atoms with van der Waals surface area (Å²) in [5, 5.41) is 0. The predicted molar refractivity (Wildman–Crippen MR) is 138 cm³/mol. The van der Waals surface area contributed by atoms with Crippen LogP contribution in [0.2, 0.25) is 0 Å². The minimum atomic E-state index is 0.0446. The Kier molecular flexibility index (Phi) is 5.47. The summed E-state index contributed by atoms with van der Waals surface area (Å²) in [5.74, 6) is 0.741. The highest BCUT2D eigenvalue weighted by atomic mass is 14.5. The lowest BCUT2D eigenvalue weighted by atomic mass is 9.61. The van der Waals surface area contributed by atoms with Gasteiger partial charge in [-0.25, -0.2) is 0 Å². The van der Waals surface area contributed by atoms with E-state index in [9.17, 15) is 0 Å². The number of rotatable bonds is 8. The van der Waals surface area contributed by atoms with Crippen LogP contribution in [0.1, 0.15) is 66.7 Å². The molecule has 0 fully saturated rings. The lowest BCUT2D eigenvalue weighted by Gasteiger charge is -2.42. The Balaban J connectivity index is 1.70. The Morgan fingerprint density at radius 2 is 1.25 bits per heavy atom. The molecule has 0 aromatic heterocycles. The molecule has 2 unspecified atom stereocenters. The zero-order valence-electron chi connectivity index (χ0n) is 19.1. The zero-order chi connectivity index (χ0) is 22.1. The van der Waals surface area contributed by atoms with Crippen LogP contribution < -0.4 is 0 Å². The maximum absolute atomic E-state index is 4.08. The van der Waals surface area contributed by atoms with E-state index in [1.807, 2.05) is 6.08 Å². The summed E-state index contributed by atoms with van der Waals surface area (Å²) < 4.78 is 0. The second-order valence-electron chi connectivity index (χ2n) is 9.52. The number of hydrogen-bond acceptors (Lipinski definition) is 0. The summed E-state index contributed by atoms with van der Waals surface area (Å²) in [4.78, 5) is 0. The molecule has 0 radical (unpaired) electrons. The first-order chi connectivity index (χ1) is 15.7. The van der Waals surface area contributed by atoms with Crippen LogP contribution in [-0.2, 0) is 0 Å². The Labute approximate surface area is 193 Å². The van der Waals surface area contributed by atoms with Crippen LogP contribution in [0.25, 0.3) is 16.7 Å². The first kappa shape index (κ1) is 20.8. The fraction of sp³-hybridized carbons (Fsp3) is 0.250. The molecule has 3 aromatic carbocycles. The highest BCUT2D eigenvalue weighted by Gasteiger charge is 2.48. The molecule has 0 aliphatic heterocycles. The third kappa shape index (κ3) is 3.21. The highest BCUT2D eigenvalue weighted by Crippen LogP contribution is 2.61. The smallest absolute Gasteiger partial charge is 0.0164 e. The molecular formula is C32H32. The minimum Gasteiger partial charge on any atom is -0.103 e. The fourth-order valence-corrected chi connectivity index (χ4v) is 6.22. The molecule has 0 heteroatoms. The van der Waals surface area contributed by atoms with Crippen LogP contribution in [0.15, 0.2) is 104 Å². The average molecular weight is 417 g/mol. The molecule has 32 heavy (non-hydrogen) atoms. The molecule has 160 valence electrons. The van der Waals surface area contributed by atoms with Crippen LogP contribution in [0, 0.1) is 5.41 Å². The summed E-state index contributed by atoms with van der Waals surface area (Å²) in [5.41, 5.74) is 10.2. The quantitative estimate of drug-likeness (QED) is 0.322. The van der Waals surface area contributed by atoms with Gasteiger partial charge in [-0.3, -0.25) is 0 Å². The molecule has 0 bridgehead atoms. The van der Waals surface area contributed by atoms with E-state index in [4.69, 9.17) is 0 Å². The van der Waals surface area contributed by atoms with Gasteiger partial charge in [-0.15, -0.1) is 13.2 Å². The Hall–Kier alpha value is -3.12. The monoisotopic (exact) mass is 416 g/mol. The average Bonchev–Trinajstić information content (AvgIpc) is 3.38. The largest absolute Gasteiger partial charge is 0.103 e. The third-order valence-corrected chi connectivity index (χ3v) is 7.72. The second kappa shape index (κ2) is 8.43. The van der Waals surface area contributed by atoms with Gasteiger partial charge in [-0.05, 0) is 70.1 Å². The van der Waals surface area contributed by atoms with Crippen molar-refractivity contribution < 1.29 is 0 Å². The van der Waals surface area contributed by atoms with Crippen molar-refractivity contribution in [3.63, 3.8) is 0 Å². The van der Waals surface area contributed by atoms with Crippen molar-refractivity contribution in [3.05, 3.63) is 126 Å². The maximum atomic E-state index is 4.08. The second-order valence-corrected chi connectivity index (χ2v) is 9.52. The number of allylic oxidation sites excluding steroid dienone is 4.